The minimum Gasteiger partial charge on any atom is -0.484 e. The zero-order valence-electron chi connectivity index (χ0n) is 12.5. The van der Waals surface area contributed by atoms with Crippen LogP contribution < -0.4 is 15.7 Å². The third-order valence-electron chi connectivity index (χ3n) is 3.63. The zero-order chi connectivity index (χ0) is 17.3. The summed E-state index contributed by atoms with van der Waals surface area (Å²) in [5.41, 5.74) is -0.161. The Bertz CT molecular complexity index is 934. The standard InChI is InChI=1S/C15H15NO7S/c17-12-8-24(20,21)7-11(12)16-14(18)6-22-10-3-1-9-2-4-15(19)23-13(9)5-10/h1-5,11-12,17H,6-8H2,(H,16,18)/t11-,12+/m0/s1. The maximum absolute atomic E-state index is 11.8. The van der Waals surface area contributed by atoms with Crippen LogP contribution in [0.2, 0.25) is 0 Å². The fourth-order valence-electron chi connectivity index (χ4n) is 2.49. The van der Waals surface area contributed by atoms with Crippen LogP contribution in [0.25, 0.3) is 11.0 Å². The van der Waals surface area contributed by atoms with Gasteiger partial charge in [-0.3, -0.25) is 4.79 Å². The number of aliphatic hydroxyl groups excluding tert-OH is 1. The number of hydrogen-bond acceptors (Lipinski definition) is 7. The van der Waals surface area contributed by atoms with E-state index in [0.29, 0.717) is 16.7 Å². The SMILES string of the molecule is O=C(COc1ccc2ccc(=O)oc2c1)N[C@H]1CS(=O)(=O)C[C@H]1O. The van der Waals surface area contributed by atoms with Gasteiger partial charge in [0.2, 0.25) is 0 Å². The Hall–Kier alpha value is -2.39. The fraction of sp³-hybridized carbons (Fsp3) is 0.333. The lowest BCUT2D eigenvalue weighted by Gasteiger charge is -2.15. The molecule has 3 rings (SSSR count). The first-order valence-electron chi connectivity index (χ1n) is 7.17. The molecule has 1 fully saturated rings. The summed E-state index contributed by atoms with van der Waals surface area (Å²) in [4.78, 5) is 23.0. The number of benzene rings is 1. The highest BCUT2D eigenvalue weighted by molar-refractivity contribution is 7.91. The Balaban J connectivity index is 1.61. The van der Waals surface area contributed by atoms with Gasteiger partial charge in [-0.15, -0.1) is 0 Å². The molecule has 1 aliphatic rings. The minimum absolute atomic E-state index is 0.291. The number of nitrogens with one attached hydrogen (secondary N) is 1. The molecule has 128 valence electrons. The topological polar surface area (TPSA) is 123 Å². The monoisotopic (exact) mass is 353 g/mol. The van der Waals surface area contributed by atoms with Crippen molar-refractivity contribution in [3.05, 3.63) is 40.8 Å². The number of rotatable bonds is 4. The smallest absolute Gasteiger partial charge is 0.336 e. The van der Waals surface area contributed by atoms with Crippen LogP contribution in [0.4, 0.5) is 0 Å². The molecule has 8 nitrogen and oxygen atoms in total. The Labute approximate surface area is 137 Å². The lowest BCUT2D eigenvalue weighted by Crippen LogP contribution is -2.44. The highest BCUT2D eigenvalue weighted by Crippen LogP contribution is 2.19. The summed E-state index contributed by atoms with van der Waals surface area (Å²) in [6.45, 7) is -0.355. The predicted molar refractivity (Wildman–Crippen MR) is 84.6 cm³/mol. The second kappa shape index (κ2) is 6.25. The van der Waals surface area contributed by atoms with E-state index in [9.17, 15) is 23.1 Å². The van der Waals surface area contributed by atoms with E-state index in [1.165, 1.54) is 12.1 Å². The van der Waals surface area contributed by atoms with Gasteiger partial charge in [-0.1, -0.05) is 0 Å². The number of fused-ring (bicyclic) bond motifs is 1. The molecule has 1 aromatic carbocycles. The third kappa shape index (κ3) is 3.74. The van der Waals surface area contributed by atoms with Crippen molar-refractivity contribution in [2.45, 2.75) is 12.1 Å². The van der Waals surface area contributed by atoms with Gasteiger partial charge in [-0.2, -0.15) is 0 Å². The molecule has 1 saturated heterocycles. The van der Waals surface area contributed by atoms with Gasteiger partial charge in [0.1, 0.15) is 11.3 Å². The number of hydrogen-bond donors (Lipinski definition) is 2. The summed E-state index contributed by atoms with van der Waals surface area (Å²) in [6.07, 6.45) is -1.12. The average Bonchev–Trinajstić information content (AvgIpc) is 2.76. The summed E-state index contributed by atoms with van der Waals surface area (Å²) in [6, 6.07) is 6.86. The molecule has 2 N–H and O–H groups in total. The van der Waals surface area contributed by atoms with E-state index in [0.717, 1.165) is 0 Å². The van der Waals surface area contributed by atoms with E-state index in [1.54, 1.807) is 18.2 Å². The highest BCUT2D eigenvalue weighted by Gasteiger charge is 2.37. The third-order valence-corrected chi connectivity index (χ3v) is 5.35. The predicted octanol–water partition coefficient (Wildman–Crippen LogP) is -0.554. The normalized spacial score (nSPS) is 22.4. The van der Waals surface area contributed by atoms with Crippen molar-refractivity contribution in [2.75, 3.05) is 18.1 Å². The molecule has 24 heavy (non-hydrogen) atoms. The van der Waals surface area contributed by atoms with Gasteiger partial charge in [0.05, 0.1) is 23.7 Å². The molecule has 1 aromatic heterocycles. The van der Waals surface area contributed by atoms with Crippen LogP contribution in [0, 0.1) is 0 Å². The van der Waals surface area contributed by atoms with Crippen LogP contribution >= 0.6 is 0 Å². The van der Waals surface area contributed by atoms with Gasteiger partial charge in [-0.05, 0) is 18.2 Å². The zero-order valence-corrected chi connectivity index (χ0v) is 13.3. The molecule has 0 spiro atoms. The molecule has 2 aromatic rings. The van der Waals surface area contributed by atoms with Gasteiger partial charge < -0.3 is 19.6 Å². The molecule has 2 heterocycles. The summed E-state index contributed by atoms with van der Waals surface area (Å²) >= 11 is 0. The van der Waals surface area contributed by atoms with E-state index < -0.39 is 33.5 Å². The molecule has 0 aliphatic carbocycles. The molecule has 1 aliphatic heterocycles. The summed E-state index contributed by atoms with van der Waals surface area (Å²) in [7, 11) is -3.33. The van der Waals surface area contributed by atoms with Crippen molar-refractivity contribution < 1.29 is 27.5 Å². The highest BCUT2D eigenvalue weighted by atomic mass is 32.2. The van der Waals surface area contributed by atoms with E-state index in [1.807, 2.05) is 0 Å². The maximum atomic E-state index is 11.8. The largest absolute Gasteiger partial charge is 0.484 e. The van der Waals surface area contributed by atoms with Gasteiger partial charge in [-0.25, -0.2) is 13.2 Å². The van der Waals surface area contributed by atoms with Crippen molar-refractivity contribution in [1.29, 1.82) is 0 Å². The lowest BCUT2D eigenvalue weighted by molar-refractivity contribution is -0.124. The number of ether oxygens (including phenoxy) is 1. The van der Waals surface area contributed by atoms with Crippen molar-refractivity contribution in [3.63, 3.8) is 0 Å². The maximum Gasteiger partial charge on any atom is 0.336 e. The molecular formula is C15H15NO7S. The van der Waals surface area contributed by atoms with Crippen LogP contribution in [0.1, 0.15) is 0 Å². The second-order valence-electron chi connectivity index (χ2n) is 5.56. The number of carbonyl (C=O) groups excluding carboxylic acids is 1. The molecule has 2 atom stereocenters. The number of sulfone groups is 1. The second-order valence-corrected chi connectivity index (χ2v) is 7.71. The van der Waals surface area contributed by atoms with E-state index in [2.05, 4.69) is 5.32 Å². The summed E-state index contributed by atoms with van der Waals surface area (Å²) in [5, 5.41) is 12.8. The number of carbonyl (C=O) groups is 1. The molecule has 1 amide bonds. The first kappa shape index (κ1) is 16.5. The number of amides is 1. The summed E-state index contributed by atoms with van der Waals surface area (Å²) < 4.78 is 33.1. The Morgan fingerprint density at radius 1 is 1.29 bits per heavy atom. The van der Waals surface area contributed by atoms with Crippen molar-refractivity contribution in [1.82, 2.24) is 5.32 Å². The Morgan fingerprint density at radius 2 is 2.04 bits per heavy atom. The minimum atomic E-state index is -3.33. The number of aliphatic hydroxyl groups is 1. The van der Waals surface area contributed by atoms with Crippen LogP contribution in [-0.4, -0.2) is 49.7 Å². The molecule has 9 heteroatoms. The van der Waals surface area contributed by atoms with Gasteiger partial charge in [0.25, 0.3) is 5.91 Å². The lowest BCUT2D eigenvalue weighted by atomic mass is 10.2. The van der Waals surface area contributed by atoms with Crippen LogP contribution in [0.15, 0.2) is 39.5 Å². The Morgan fingerprint density at radius 3 is 2.75 bits per heavy atom. The molecular weight excluding hydrogens is 338 g/mol. The fourth-order valence-corrected chi connectivity index (χ4v) is 4.24. The van der Waals surface area contributed by atoms with Crippen LogP contribution in [0.3, 0.4) is 0 Å². The first-order chi connectivity index (χ1) is 11.3. The van der Waals surface area contributed by atoms with Gasteiger partial charge in [0.15, 0.2) is 16.4 Å². The van der Waals surface area contributed by atoms with Gasteiger partial charge >= 0.3 is 5.63 Å². The van der Waals surface area contributed by atoms with Crippen LogP contribution in [0.5, 0.6) is 5.75 Å². The van der Waals surface area contributed by atoms with E-state index in [4.69, 9.17) is 9.15 Å². The summed E-state index contributed by atoms with van der Waals surface area (Å²) in [5.74, 6) is -0.874. The average molecular weight is 353 g/mol. The van der Waals surface area contributed by atoms with Crippen molar-refractivity contribution in [3.8, 4) is 5.75 Å². The van der Waals surface area contributed by atoms with E-state index >= 15 is 0 Å². The molecule has 0 radical (unpaired) electrons. The molecule has 0 unspecified atom stereocenters. The quantitative estimate of drug-likeness (QED) is 0.707. The van der Waals surface area contributed by atoms with Crippen molar-refractivity contribution >= 4 is 26.7 Å². The van der Waals surface area contributed by atoms with E-state index in [-0.39, 0.29) is 18.1 Å². The first-order valence-corrected chi connectivity index (χ1v) is 8.99. The molecule has 0 saturated carbocycles. The van der Waals surface area contributed by atoms with Crippen LogP contribution in [-0.2, 0) is 14.6 Å². The van der Waals surface area contributed by atoms with Crippen molar-refractivity contribution in [2.24, 2.45) is 0 Å². The molecule has 0 bridgehead atoms. The Kier molecular flexibility index (Phi) is 4.29. The van der Waals surface area contributed by atoms with Gasteiger partial charge in [0, 0.05) is 17.5 Å².